The Morgan fingerprint density at radius 2 is 2.05 bits per heavy atom. The summed E-state index contributed by atoms with van der Waals surface area (Å²) in [6.45, 7) is 6.37. The number of carbonyl (C=O) groups excluding carboxylic acids is 1. The highest BCUT2D eigenvalue weighted by atomic mass is 16.1. The Morgan fingerprint density at radius 1 is 1.30 bits per heavy atom. The number of amides is 1. The van der Waals surface area contributed by atoms with E-state index in [0.717, 1.165) is 31.8 Å². The SMILES string of the molecule is CCCCC1CCC(C(=O)NCC2(C)CCCN2)CC1. The number of nitrogens with one attached hydrogen (secondary N) is 2. The van der Waals surface area contributed by atoms with Crippen LogP contribution < -0.4 is 10.6 Å². The summed E-state index contributed by atoms with van der Waals surface area (Å²) in [6, 6.07) is 0. The lowest BCUT2D eigenvalue weighted by atomic mass is 9.79. The highest BCUT2D eigenvalue weighted by Crippen LogP contribution is 2.32. The molecule has 0 bridgehead atoms. The largest absolute Gasteiger partial charge is 0.354 e. The third-order valence-electron chi connectivity index (χ3n) is 5.29. The van der Waals surface area contributed by atoms with Gasteiger partial charge in [0.1, 0.15) is 0 Å². The quantitative estimate of drug-likeness (QED) is 0.784. The molecular weight excluding hydrogens is 248 g/mol. The third kappa shape index (κ3) is 4.47. The number of carbonyl (C=O) groups is 1. The third-order valence-corrected chi connectivity index (χ3v) is 5.29. The van der Waals surface area contributed by atoms with E-state index in [1.54, 1.807) is 0 Å². The predicted molar refractivity (Wildman–Crippen MR) is 83.6 cm³/mol. The van der Waals surface area contributed by atoms with E-state index in [1.807, 2.05) is 0 Å². The van der Waals surface area contributed by atoms with Crippen LogP contribution in [0.2, 0.25) is 0 Å². The van der Waals surface area contributed by atoms with Gasteiger partial charge in [-0.05, 0) is 57.9 Å². The van der Waals surface area contributed by atoms with Crippen molar-refractivity contribution in [2.75, 3.05) is 13.1 Å². The average Bonchev–Trinajstić information content (AvgIpc) is 2.90. The van der Waals surface area contributed by atoms with E-state index < -0.39 is 0 Å². The van der Waals surface area contributed by atoms with E-state index in [0.29, 0.717) is 5.91 Å². The van der Waals surface area contributed by atoms with E-state index in [2.05, 4.69) is 24.5 Å². The second-order valence-electron chi connectivity index (χ2n) is 7.17. The summed E-state index contributed by atoms with van der Waals surface area (Å²) in [7, 11) is 0. The van der Waals surface area contributed by atoms with Gasteiger partial charge in [-0.2, -0.15) is 0 Å². The fourth-order valence-corrected chi connectivity index (χ4v) is 3.74. The van der Waals surface area contributed by atoms with E-state index in [1.165, 1.54) is 44.9 Å². The maximum Gasteiger partial charge on any atom is 0.223 e. The summed E-state index contributed by atoms with van der Waals surface area (Å²) >= 11 is 0. The summed E-state index contributed by atoms with van der Waals surface area (Å²) < 4.78 is 0. The van der Waals surface area contributed by atoms with E-state index in [4.69, 9.17) is 0 Å². The molecule has 0 spiro atoms. The van der Waals surface area contributed by atoms with Gasteiger partial charge in [0.15, 0.2) is 0 Å². The van der Waals surface area contributed by atoms with Crippen LogP contribution in [0.25, 0.3) is 0 Å². The van der Waals surface area contributed by atoms with Crippen molar-refractivity contribution in [1.29, 1.82) is 0 Å². The van der Waals surface area contributed by atoms with Crippen LogP contribution in [0.3, 0.4) is 0 Å². The van der Waals surface area contributed by atoms with Crippen LogP contribution >= 0.6 is 0 Å². The molecule has 1 unspecified atom stereocenters. The molecule has 2 fully saturated rings. The standard InChI is InChI=1S/C17H32N2O/c1-3-4-6-14-7-9-15(10-8-14)16(20)18-13-17(2)11-5-12-19-17/h14-15,19H,3-13H2,1-2H3,(H,18,20). The molecule has 116 valence electrons. The number of hydrogen-bond donors (Lipinski definition) is 2. The molecule has 2 aliphatic rings. The predicted octanol–water partition coefficient (Wildman–Crippen LogP) is 3.24. The minimum Gasteiger partial charge on any atom is -0.354 e. The van der Waals surface area contributed by atoms with Crippen molar-refractivity contribution in [2.45, 2.75) is 77.2 Å². The van der Waals surface area contributed by atoms with Crippen molar-refractivity contribution in [2.24, 2.45) is 11.8 Å². The first-order chi connectivity index (χ1) is 9.63. The van der Waals surface area contributed by atoms with E-state index in [9.17, 15) is 4.79 Å². The van der Waals surface area contributed by atoms with Crippen LogP contribution in [0.15, 0.2) is 0 Å². The zero-order chi connectivity index (χ0) is 14.4. The molecule has 1 aliphatic carbocycles. The molecule has 0 aromatic carbocycles. The molecule has 1 aliphatic heterocycles. The summed E-state index contributed by atoms with van der Waals surface area (Å²) in [5.41, 5.74) is 0.133. The summed E-state index contributed by atoms with van der Waals surface area (Å²) in [4.78, 5) is 12.3. The summed E-state index contributed by atoms with van der Waals surface area (Å²) in [6.07, 6.45) is 11.1. The number of hydrogen-bond acceptors (Lipinski definition) is 2. The van der Waals surface area contributed by atoms with E-state index >= 15 is 0 Å². The topological polar surface area (TPSA) is 41.1 Å². The molecule has 2 rings (SSSR count). The molecule has 3 heteroatoms. The lowest BCUT2D eigenvalue weighted by Gasteiger charge is -2.30. The Labute approximate surface area is 124 Å². The normalized spacial score (nSPS) is 34.1. The van der Waals surface area contributed by atoms with Crippen LogP contribution in [-0.2, 0) is 4.79 Å². The Hall–Kier alpha value is -0.570. The van der Waals surface area contributed by atoms with Gasteiger partial charge in [-0.1, -0.05) is 26.2 Å². The maximum atomic E-state index is 12.3. The van der Waals surface area contributed by atoms with Crippen LogP contribution in [-0.4, -0.2) is 24.5 Å². The molecule has 1 amide bonds. The zero-order valence-electron chi connectivity index (χ0n) is 13.3. The Bertz CT molecular complexity index is 302. The Kier molecular flexibility index (Phi) is 5.88. The van der Waals surface area contributed by atoms with Crippen molar-refractivity contribution in [1.82, 2.24) is 10.6 Å². The Morgan fingerprint density at radius 3 is 2.65 bits per heavy atom. The molecule has 1 atom stereocenters. The second-order valence-corrected chi connectivity index (χ2v) is 7.17. The smallest absolute Gasteiger partial charge is 0.223 e. The summed E-state index contributed by atoms with van der Waals surface area (Å²) in [5, 5.41) is 6.70. The van der Waals surface area contributed by atoms with E-state index in [-0.39, 0.29) is 11.5 Å². The van der Waals surface area contributed by atoms with Gasteiger partial charge >= 0.3 is 0 Å². The molecule has 1 heterocycles. The minimum atomic E-state index is 0.133. The molecule has 2 N–H and O–H groups in total. The molecule has 0 radical (unpaired) electrons. The van der Waals surface area contributed by atoms with Gasteiger partial charge in [0.25, 0.3) is 0 Å². The first-order valence-electron chi connectivity index (χ1n) is 8.66. The zero-order valence-corrected chi connectivity index (χ0v) is 13.3. The lowest BCUT2D eigenvalue weighted by molar-refractivity contribution is -0.126. The molecule has 1 saturated carbocycles. The van der Waals surface area contributed by atoms with Gasteiger partial charge in [0.2, 0.25) is 5.91 Å². The van der Waals surface area contributed by atoms with Crippen molar-refractivity contribution in [3.05, 3.63) is 0 Å². The van der Waals surface area contributed by atoms with Gasteiger partial charge in [-0.3, -0.25) is 4.79 Å². The molecule has 0 aromatic heterocycles. The van der Waals surface area contributed by atoms with Gasteiger partial charge in [0, 0.05) is 18.0 Å². The molecular formula is C17H32N2O. The highest BCUT2D eigenvalue weighted by molar-refractivity contribution is 5.78. The van der Waals surface area contributed by atoms with Crippen LogP contribution in [0.4, 0.5) is 0 Å². The number of rotatable bonds is 6. The maximum absolute atomic E-state index is 12.3. The monoisotopic (exact) mass is 280 g/mol. The van der Waals surface area contributed by atoms with Crippen LogP contribution in [0.1, 0.15) is 71.6 Å². The van der Waals surface area contributed by atoms with Gasteiger partial charge in [-0.25, -0.2) is 0 Å². The molecule has 3 nitrogen and oxygen atoms in total. The highest BCUT2D eigenvalue weighted by Gasteiger charge is 2.30. The van der Waals surface area contributed by atoms with Crippen molar-refractivity contribution < 1.29 is 4.79 Å². The lowest BCUT2D eigenvalue weighted by Crippen LogP contribution is -2.48. The summed E-state index contributed by atoms with van der Waals surface area (Å²) in [5.74, 6) is 1.46. The van der Waals surface area contributed by atoms with Crippen LogP contribution in [0.5, 0.6) is 0 Å². The molecule has 20 heavy (non-hydrogen) atoms. The minimum absolute atomic E-state index is 0.133. The fraction of sp³-hybridized carbons (Fsp3) is 0.941. The molecule has 0 aromatic rings. The Balaban J connectivity index is 1.66. The van der Waals surface area contributed by atoms with Gasteiger partial charge < -0.3 is 10.6 Å². The van der Waals surface area contributed by atoms with Gasteiger partial charge in [-0.15, -0.1) is 0 Å². The average molecular weight is 280 g/mol. The fourth-order valence-electron chi connectivity index (χ4n) is 3.74. The van der Waals surface area contributed by atoms with Crippen molar-refractivity contribution in [3.8, 4) is 0 Å². The first kappa shape index (κ1) is 15.8. The van der Waals surface area contributed by atoms with Gasteiger partial charge in [0.05, 0.1) is 0 Å². The first-order valence-corrected chi connectivity index (χ1v) is 8.66. The van der Waals surface area contributed by atoms with Crippen LogP contribution in [0, 0.1) is 11.8 Å². The number of unbranched alkanes of at least 4 members (excludes halogenated alkanes) is 1. The van der Waals surface area contributed by atoms with Crippen molar-refractivity contribution in [3.63, 3.8) is 0 Å². The van der Waals surface area contributed by atoms with Crippen molar-refractivity contribution >= 4 is 5.91 Å². The second kappa shape index (κ2) is 7.44. The molecule has 1 saturated heterocycles.